The fraction of sp³-hybridized carbons (Fsp3) is 0.364. The molecule has 4 N–H and O–H groups in total. The summed E-state index contributed by atoms with van der Waals surface area (Å²) in [6, 6.07) is 14.7. The van der Waals surface area contributed by atoms with Crippen molar-refractivity contribution in [2.75, 3.05) is 18.5 Å². The first-order valence-corrected chi connectivity index (χ1v) is 9.59. The first kappa shape index (κ1) is 24.5. The van der Waals surface area contributed by atoms with E-state index in [2.05, 4.69) is 10.6 Å². The highest BCUT2D eigenvalue weighted by molar-refractivity contribution is 5.91. The number of nitrogens with two attached hydrogens (primary N) is 1. The molecule has 1 atom stereocenters. The molecule has 2 rings (SSSR count). The van der Waals surface area contributed by atoms with Crippen LogP contribution >= 0.6 is 12.4 Å². The Morgan fingerprint density at radius 1 is 1.14 bits per heavy atom. The second kappa shape index (κ2) is 12.8. The van der Waals surface area contributed by atoms with Crippen molar-refractivity contribution in [3.05, 3.63) is 59.7 Å². The quantitative estimate of drug-likeness (QED) is 0.551. The number of amides is 2. The number of benzene rings is 2. The van der Waals surface area contributed by atoms with E-state index in [1.807, 2.05) is 62.4 Å². The van der Waals surface area contributed by atoms with Gasteiger partial charge in [-0.2, -0.15) is 0 Å². The van der Waals surface area contributed by atoms with Crippen LogP contribution in [0.25, 0.3) is 0 Å². The number of hydrogen-bond donors (Lipinski definition) is 3. The lowest BCUT2D eigenvalue weighted by atomic mass is 10.1. The van der Waals surface area contributed by atoms with Crippen molar-refractivity contribution in [2.24, 2.45) is 5.73 Å². The molecule has 0 aliphatic heterocycles. The summed E-state index contributed by atoms with van der Waals surface area (Å²) in [6.45, 7) is 4.45. The maximum atomic E-state index is 12.0. The van der Waals surface area contributed by atoms with Gasteiger partial charge in [0.25, 0.3) is 5.91 Å². The molecule has 29 heavy (non-hydrogen) atoms. The predicted octanol–water partition coefficient (Wildman–Crippen LogP) is 3.22. The molecule has 0 aromatic heterocycles. The zero-order valence-electron chi connectivity index (χ0n) is 16.9. The van der Waals surface area contributed by atoms with Crippen LogP contribution in [0.3, 0.4) is 0 Å². The number of aryl methyl sites for hydroxylation is 1. The topological polar surface area (TPSA) is 93.5 Å². The van der Waals surface area contributed by atoms with Gasteiger partial charge in [0.05, 0.1) is 6.04 Å². The van der Waals surface area contributed by atoms with Gasteiger partial charge < -0.3 is 21.1 Å². The summed E-state index contributed by atoms with van der Waals surface area (Å²) < 4.78 is 5.53. The highest BCUT2D eigenvalue weighted by Gasteiger charge is 2.11. The van der Waals surface area contributed by atoms with Crippen molar-refractivity contribution in [1.29, 1.82) is 0 Å². The van der Waals surface area contributed by atoms with Crippen LogP contribution in [0.5, 0.6) is 5.75 Å². The molecule has 0 spiro atoms. The smallest absolute Gasteiger partial charge is 0.262 e. The summed E-state index contributed by atoms with van der Waals surface area (Å²) in [6.07, 6.45) is 2.28. The molecule has 2 amide bonds. The number of hydrogen-bond acceptors (Lipinski definition) is 4. The van der Waals surface area contributed by atoms with Crippen LogP contribution in [-0.4, -0.2) is 31.0 Å². The van der Waals surface area contributed by atoms with E-state index >= 15 is 0 Å². The highest BCUT2D eigenvalue weighted by Crippen LogP contribution is 2.13. The summed E-state index contributed by atoms with van der Waals surface area (Å²) in [5.41, 5.74) is 8.69. The monoisotopic (exact) mass is 419 g/mol. The summed E-state index contributed by atoms with van der Waals surface area (Å²) >= 11 is 0. The Balaban J connectivity index is 0.00000420. The first-order valence-electron chi connectivity index (χ1n) is 9.59. The normalized spacial score (nSPS) is 11.1. The van der Waals surface area contributed by atoms with E-state index in [9.17, 15) is 9.59 Å². The zero-order valence-corrected chi connectivity index (χ0v) is 17.8. The van der Waals surface area contributed by atoms with Crippen molar-refractivity contribution < 1.29 is 14.3 Å². The van der Waals surface area contributed by atoms with Gasteiger partial charge >= 0.3 is 0 Å². The molecule has 0 aliphatic carbocycles. The standard InChI is InChI=1S/C22H29N3O3.ClH/c1-3-5-20(23)22(27)24-13-12-17-8-10-19(11-9-17)28-15-21(26)25-18-7-4-6-16(2)14-18;/h4,6-11,14,20H,3,5,12-13,15,23H2,1-2H3,(H,24,27)(H,25,26);1H. The van der Waals surface area contributed by atoms with Gasteiger partial charge in [0.1, 0.15) is 5.75 Å². The van der Waals surface area contributed by atoms with Gasteiger partial charge in [0.2, 0.25) is 5.91 Å². The highest BCUT2D eigenvalue weighted by atomic mass is 35.5. The molecule has 0 saturated heterocycles. The van der Waals surface area contributed by atoms with E-state index in [4.69, 9.17) is 10.5 Å². The Morgan fingerprint density at radius 3 is 2.52 bits per heavy atom. The lowest BCUT2D eigenvalue weighted by Gasteiger charge is -2.11. The van der Waals surface area contributed by atoms with Crippen LogP contribution in [0.1, 0.15) is 30.9 Å². The van der Waals surface area contributed by atoms with Crippen LogP contribution in [0.15, 0.2) is 48.5 Å². The molecule has 1 unspecified atom stereocenters. The summed E-state index contributed by atoms with van der Waals surface area (Å²) in [5, 5.41) is 5.66. The van der Waals surface area contributed by atoms with Gasteiger partial charge in [-0.3, -0.25) is 9.59 Å². The number of ether oxygens (including phenoxy) is 1. The Bertz CT molecular complexity index is 781. The van der Waals surface area contributed by atoms with Crippen LogP contribution in [0.2, 0.25) is 0 Å². The number of anilines is 1. The second-order valence-corrected chi connectivity index (χ2v) is 6.79. The molecule has 0 fully saturated rings. The van der Waals surface area contributed by atoms with Crippen LogP contribution < -0.4 is 21.1 Å². The number of carbonyl (C=O) groups is 2. The third-order valence-corrected chi connectivity index (χ3v) is 4.24. The predicted molar refractivity (Wildman–Crippen MR) is 119 cm³/mol. The van der Waals surface area contributed by atoms with E-state index in [-0.39, 0.29) is 30.8 Å². The van der Waals surface area contributed by atoms with E-state index in [0.717, 1.165) is 23.2 Å². The van der Waals surface area contributed by atoms with Gasteiger partial charge in [-0.1, -0.05) is 37.6 Å². The molecule has 2 aromatic carbocycles. The average molecular weight is 420 g/mol. The van der Waals surface area contributed by atoms with E-state index < -0.39 is 6.04 Å². The summed E-state index contributed by atoms with van der Waals surface area (Å²) in [5.74, 6) is 0.305. The molecular weight excluding hydrogens is 390 g/mol. The Hall–Kier alpha value is -2.57. The lowest BCUT2D eigenvalue weighted by Crippen LogP contribution is -2.41. The van der Waals surface area contributed by atoms with Crippen molar-refractivity contribution in [2.45, 2.75) is 39.2 Å². The van der Waals surface area contributed by atoms with Gasteiger partial charge in [0, 0.05) is 12.2 Å². The Morgan fingerprint density at radius 2 is 1.86 bits per heavy atom. The average Bonchev–Trinajstić information content (AvgIpc) is 2.67. The molecule has 0 saturated carbocycles. The van der Waals surface area contributed by atoms with E-state index in [1.54, 1.807) is 0 Å². The van der Waals surface area contributed by atoms with Gasteiger partial charge in [-0.05, 0) is 55.2 Å². The van der Waals surface area contributed by atoms with E-state index in [1.165, 1.54) is 0 Å². The number of rotatable bonds is 10. The van der Waals surface area contributed by atoms with Crippen molar-refractivity contribution in [1.82, 2.24) is 5.32 Å². The molecule has 0 bridgehead atoms. The van der Waals surface area contributed by atoms with Gasteiger partial charge in [-0.15, -0.1) is 12.4 Å². The lowest BCUT2D eigenvalue weighted by molar-refractivity contribution is -0.122. The summed E-state index contributed by atoms with van der Waals surface area (Å²) in [7, 11) is 0. The minimum Gasteiger partial charge on any atom is -0.484 e. The fourth-order valence-electron chi connectivity index (χ4n) is 2.72. The zero-order chi connectivity index (χ0) is 20.4. The van der Waals surface area contributed by atoms with Crippen LogP contribution in [0.4, 0.5) is 5.69 Å². The molecular formula is C22H30ClN3O3. The third-order valence-electron chi connectivity index (χ3n) is 4.24. The molecule has 0 heterocycles. The molecule has 0 radical (unpaired) electrons. The molecule has 158 valence electrons. The minimum atomic E-state index is -0.438. The number of nitrogens with one attached hydrogen (secondary N) is 2. The maximum Gasteiger partial charge on any atom is 0.262 e. The number of carbonyl (C=O) groups excluding carboxylic acids is 2. The molecule has 6 nitrogen and oxygen atoms in total. The maximum absolute atomic E-state index is 12.0. The Labute approximate surface area is 178 Å². The summed E-state index contributed by atoms with van der Waals surface area (Å²) in [4.78, 5) is 23.8. The second-order valence-electron chi connectivity index (χ2n) is 6.79. The first-order chi connectivity index (χ1) is 13.5. The van der Waals surface area contributed by atoms with E-state index in [0.29, 0.717) is 25.1 Å². The van der Waals surface area contributed by atoms with Gasteiger partial charge in [0.15, 0.2) is 6.61 Å². The van der Waals surface area contributed by atoms with Crippen molar-refractivity contribution in [3.63, 3.8) is 0 Å². The largest absolute Gasteiger partial charge is 0.484 e. The SMILES string of the molecule is CCCC(N)C(=O)NCCc1ccc(OCC(=O)Nc2cccc(C)c2)cc1.Cl. The molecule has 2 aromatic rings. The van der Waals surface area contributed by atoms with Gasteiger partial charge in [-0.25, -0.2) is 0 Å². The van der Waals surface area contributed by atoms with Crippen molar-refractivity contribution >= 4 is 29.9 Å². The molecule has 0 aliphatic rings. The third kappa shape index (κ3) is 8.98. The number of halogens is 1. The minimum absolute atomic E-state index is 0. The van der Waals surface area contributed by atoms with Crippen LogP contribution in [-0.2, 0) is 16.0 Å². The fourth-order valence-corrected chi connectivity index (χ4v) is 2.72. The van der Waals surface area contributed by atoms with Crippen molar-refractivity contribution in [3.8, 4) is 5.75 Å². The molecule has 7 heteroatoms. The van der Waals surface area contributed by atoms with Crippen LogP contribution in [0, 0.1) is 6.92 Å². The Kier molecular flexibility index (Phi) is 10.8.